The highest BCUT2D eigenvalue weighted by Crippen LogP contribution is 2.24. The summed E-state index contributed by atoms with van der Waals surface area (Å²) in [5.41, 5.74) is 0.962. The van der Waals surface area contributed by atoms with Gasteiger partial charge in [0.05, 0.1) is 25.1 Å². The number of hydrogen-bond donors (Lipinski definition) is 0. The molecule has 0 atom stereocenters. The lowest BCUT2D eigenvalue weighted by Gasteiger charge is -2.35. The monoisotopic (exact) mass is 435 g/mol. The highest BCUT2D eigenvalue weighted by molar-refractivity contribution is 7.89. The molecular formula is C19H29N7O3S. The van der Waals surface area contributed by atoms with Crippen LogP contribution in [-0.4, -0.2) is 85.0 Å². The van der Waals surface area contributed by atoms with Crippen molar-refractivity contribution in [2.75, 3.05) is 62.3 Å². The van der Waals surface area contributed by atoms with Crippen molar-refractivity contribution in [3.63, 3.8) is 0 Å². The third-order valence-corrected chi connectivity index (χ3v) is 7.35. The largest absolute Gasteiger partial charge is 0.378 e. The van der Waals surface area contributed by atoms with Gasteiger partial charge in [0, 0.05) is 64.5 Å². The number of rotatable bonds is 5. The Hall–Kier alpha value is -2.24. The van der Waals surface area contributed by atoms with Crippen molar-refractivity contribution in [3.05, 3.63) is 24.3 Å². The maximum Gasteiger partial charge on any atom is 0.262 e. The molecule has 11 heteroatoms. The number of piperazine rings is 1. The molecule has 0 aromatic carbocycles. The molecule has 0 saturated carbocycles. The van der Waals surface area contributed by atoms with Crippen LogP contribution in [0.25, 0.3) is 0 Å². The van der Waals surface area contributed by atoms with Crippen molar-refractivity contribution >= 4 is 21.5 Å². The molecule has 0 N–H and O–H groups in total. The van der Waals surface area contributed by atoms with Gasteiger partial charge < -0.3 is 19.1 Å². The van der Waals surface area contributed by atoms with Crippen LogP contribution >= 0.6 is 0 Å². The number of aryl methyl sites for hydroxylation is 1. The van der Waals surface area contributed by atoms with Gasteiger partial charge in [-0.05, 0) is 0 Å². The Morgan fingerprint density at radius 3 is 2.37 bits per heavy atom. The third-order valence-electron chi connectivity index (χ3n) is 5.58. The number of hydrogen-bond acceptors (Lipinski definition) is 8. The molecule has 4 rings (SSSR count). The fraction of sp³-hybridized carbons (Fsp3) is 0.632. The number of imidazole rings is 1. The Morgan fingerprint density at radius 1 is 1.03 bits per heavy atom. The first-order chi connectivity index (χ1) is 14.4. The van der Waals surface area contributed by atoms with Gasteiger partial charge in [-0.2, -0.15) is 9.40 Å². The number of anilines is 2. The van der Waals surface area contributed by atoms with Crippen LogP contribution in [0.1, 0.15) is 25.6 Å². The third kappa shape index (κ3) is 4.14. The molecule has 0 unspecified atom stereocenters. The molecule has 0 spiro atoms. The second-order valence-corrected chi connectivity index (χ2v) is 9.85. The highest BCUT2D eigenvalue weighted by Gasteiger charge is 2.31. The molecule has 0 radical (unpaired) electrons. The van der Waals surface area contributed by atoms with E-state index in [1.54, 1.807) is 17.0 Å². The Bertz CT molecular complexity index is 978. The summed E-state index contributed by atoms with van der Waals surface area (Å²) < 4.78 is 34.9. The van der Waals surface area contributed by atoms with Gasteiger partial charge in [0.2, 0.25) is 0 Å². The summed E-state index contributed by atoms with van der Waals surface area (Å²) in [6.45, 7) is 8.99. The van der Waals surface area contributed by atoms with Gasteiger partial charge in [-0.15, -0.1) is 5.10 Å². The van der Waals surface area contributed by atoms with Crippen molar-refractivity contribution in [3.8, 4) is 0 Å². The average Bonchev–Trinajstić information content (AvgIpc) is 3.17. The molecule has 4 heterocycles. The van der Waals surface area contributed by atoms with Gasteiger partial charge >= 0.3 is 0 Å². The van der Waals surface area contributed by atoms with E-state index in [2.05, 4.69) is 25.0 Å². The quantitative estimate of drug-likeness (QED) is 0.677. The molecule has 0 aliphatic carbocycles. The molecule has 2 aliphatic rings. The SMILES string of the molecule is CC(C)c1nc(S(=O)(=O)N2CCN(c3cnnc(N4CCOCC4)c3)CC2)cn1C. The van der Waals surface area contributed by atoms with Crippen molar-refractivity contribution in [1.29, 1.82) is 0 Å². The highest BCUT2D eigenvalue weighted by atomic mass is 32.2. The van der Waals surface area contributed by atoms with Crippen LogP contribution in [0.4, 0.5) is 11.5 Å². The molecule has 30 heavy (non-hydrogen) atoms. The summed E-state index contributed by atoms with van der Waals surface area (Å²) in [7, 11) is -1.77. The van der Waals surface area contributed by atoms with Gasteiger partial charge in [0.15, 0.2) is 10.8 Å². The molecule has 2 saturated heterocycles. The molecule has 0 amide bonds. The summed E-state index contributed by atoms with van der Waals surface area (Å²) in [5, 5.41) is 8.54. The smallest absolute Gasteiger partial charge is 0.262 e. The summed E-state index contributed by atoms with van der Waals surface area (Å²) in [6.07, 6.45) is 3.35. The van der Waals surface area contributed by atoms with E-state index in [4.69, 9.17) is 4.74 Å². The lowest BCUT2D eigenvalue weighted by molar-refractivity contribution is 0.122. The van der Waals surface area contributed by atoms with Crippen LogP contribution in [0.2, 0.25) is 0 Å². The van der Waals surface area contributed by atoms with Gasteiger partial charge in [-0.3, -0.25) is 0 Å². The zero-order valence-corrected chi connectivity index (χ0v) is 18.5. The first kappa shape index (κ1) is 21.0. The fourth-order valence-corrected chi connectivity index (χ4v) is 5.31. The van der Waals surface area contributed by atoms with E-state index in [1.807, 2.05) is 27.0 Å². The normalized spacial score (nSPS) is 18.9. The zero-order chi connectivity index (χ0) is 21.3. The van der Waals surface area contributed by atoms with E-state index in [0.717, 1.165) is 30.4 Å². The van der Waals surface area contributed by atoms with Crippen LogP contribution < -0.4 is 9.80 Å². The molecule has 0 bridgehead atoms. The molecular weight excluding hydrogens is 406 g/mol. The maximum absolute atomic E-state index is 13.1. The second kappa shape index (κ2) is 8.48. The maximum atomic E-state index is 13.1. The minimum Gasteiger partial charge on any atom is -0.378 e. The second-order valence-electron chi connectivity index (χ2n) is 7.97. The average molecular weight is 436 g/mol. The summed E-state index contributed by atoms with van der Waals surface area (Å²) >= 11 is 0. The minimum absolute atomic E-state index is 0.127. The predicted octanol–water partition coefficient (Wildman–Crippen LogP) is 0.681. The lowest BCUT2D eigenvalue weighted by atomic mass is 10.2. The van der Waals surface area contributed by atoms with Gasteiger partial charge in [-0.25, -0.2) is 13.4 Å². The van der Waals surface area contributed by atoms with Gasteiger partial charge in [0.25, 0.3) is 10.0 Å². The van der Waals surface area contributed by atoms with Crippen molar-refractivity contribution in [1.82, 2.24) is 24.1 Å². The number of aromatic nitrogens is 4. The van der Waals surface area contributed by atoms with Gasteiger partial charge in [0.1, 0.15) is 5.82 Å². The summed E-state index contributed by atoms with van der Waals surface area (Å²) in [4.78, 5) is 8.70. The van der Waals surface area contributed by atoms with Crippen LogP contribution in [0, 0.1) is 0 Å². The van der Waals surface area contributed by atoms with Crippen LogP contribution in [-0.2, 0) is 21.8 Å². The molecule has 2 aliphatic heterocycles. The molecule has 2 aromatic heterocycles. The number of nitrogens with zero attached hydrogens (tertiary/aromatic N) is 7. The van der Waals surface area contributed by atoms with E-state index < -0.39 is 10.0 Å². The summed E-state index contributed by atoms with van der Waals surface area (Å²) in [5.74, 6) is 1.77. The van der Waals surface area contributed by atoms with E-state index in [-0.39, 0.29) is 10.9 Å². The molecule has 2 fully saturated rings. The fourth-order valence-electron chi connectivity index (χ4n) is 3.90. The van der Waals surface area contributed by atoms with Crippen LogP contribution in [0.15, 0.2) is 23.5 Å². The van der Waals surface area contributed by atoms with E-state index in [9.17, 15) is 8.42 Å². The summed E-state index contributed by atoms with van der Waals surface area (Å²) in [6, 6.07) is 2.02. The Morgan fingerprint density at radius 2 is 1.73 bits per heavy atom. The first-order valence-corrected chi connectivity index (χ1v) is 11.7. The van der Waals surface area contributed by atoms with Crippen LogP contribution in [0.5, 0.6) is 0 Å². The number of morpholine rings is 1. The standard InChI is InChI=1S/C19H29N7O3S/c1-15(2)19-21-18(14-23(19)3)30(27,28)26-6-4-24(5-7-26)16-12-17(22-20-13-16)25-8-10-29-11-9-25/h12-15H,4-11H2,1-3H3. The molecule has 2 aromatic rings. The number of sulfonamides is 1. The Labute approximate surface area is 177 Å². The van der Waals surface area contributed by atoms with Crippen molar-refractivity contribution in [2.45, 2.75) is 24.8 Å². The molecule has 164 valence electrons. The predicted molar refractivity (Wildman–Crippen MR) is 113 cm³/mol. The van der Waals surface area contributed by atoms with Crippen LogP contribution in [0.3, 0.4) is 0 Å². The van der Waals surface area contributed by atoms with E-state index in [0.29, 0.717) is 39.4 Å². The minimum atomic E-state index is -3.60. The van der Waals surface area contributed by atoms with Crippen molar-refractivity contribution in [2.24, 2.45) is 7.05 Å². The van der Waals surface area contributed by atoms with Gasteiger partial charge in [-0.1, -0.05) is 13.8 Å². The topological polar surface area (TPSA) is 96.7 Å². The Balaban J connectivity index is 1.44. The lowest BCUT2D eigenvalue weighted by Crippen LogP contribution is -2.48. The zero-order valence-electron chi connectivity index (χ0n) is 17.7. The Kier molecular flexibility index (Phi) is 5.94. The molecule has 10 nitrogen and oxygen atoms in total. The van der Waals surface area contributed by atoms with Crippen molar-refractivity contribution < 1.29 is 13.2 Å². The number of ether oxygens (including phenoxy) is 1. The van der Waals surface area contributed by atoms with E-state index >= 15 is 0 Å². The van der Waals surface area contributed by atoms with E-state index in [1.165, 1.54) is 4.31 Å². The first-order valence-electron chi connectivity index (χ1n) is 10.3.